The SMILES string of the molecule is CNCCNC(=O)Cc1ccc(C(F)(F)F)cc1.Cl. The van der Waals surface area contributed by atoms with E-state index in [0.717, 1.165) is 12.1 Å². The van der Waals surface area contributed by atoms with E-state index in [4.69, 9.17) is 0 Å². The van der Waals surface area contributed by atoms with Gasteiger partial charge in [-0.2, -0.15) is 13.2 Å². The number of benzene rings is 1. The molecule has 0 aliphatic carbocycles. The Morgan fingerprint density at radius 2 is 1.74 bits per heavy atom. The lowest BCUT2D eigenvalue weighted by Crippen LogP contribution is -2.31. The fourth-order valence-corrected chi connectivity index (χ4v) is 1.39. The van der Waals surface area contributed by atoms with Crippen LogP contribution in [0.25, 0.3) is 0 Å². The smallest absolute Gasteiger partial charge is 0.355 e. The molecule has 1 aromatic carbocycles. The second-order valence-electron chi connectivity index (χ2n) is 3.82. The van der Waals surface area contributed by atoms with Crippen molar-refractivity contribution < 1.29 is 18.0 Å². The van der Waals surface area contributed by atoms with Gasteiger partial charge in [0.15, 0.2) is 0 Å². The number of hydrogen-bond acceptors (Lipinski definition) is 2. The monoisotopic (exact) mass is 296 g/mol. The van der Waals surface area contributed by atoms with Gasteiger partial charge in [-0.25, -0.2) is 0 Å². The van der Waals surface area contributed by atoms with Crippen molar-refractivity contribution in [2.75, 3.05) is 20.1 Å². The second-order valence-corrected chi connectivity index (χ2v) is 3.82. The largest absolute Gasteiger partial charge is 0.416 e. The van der Waals surface area contributed by atoms with E-state index in [-0.39, 0.29) is 24.7 Å². The zero-order valence-corrected chi connectivity index (χ0v) is 11.2. The molecule has 0 aliphatic heterocycles. The molecule has 1 rings (SSSR count). The molecule has 0 aliphatic rings. The summed E-state index contributed by atoms with van der Waals surface area (Å²) in [5, 5.41) is 5.52. The van der Waals surface area contributed by atoms with Gasteiger partial charge in [0.1, 0.15) is 0 Å². The molecule has 0 unspecified atom stereocenters. The number of hydrogen-bond donors (Lipinski definition) is 2. The van der Waals surface area contributed by atoms with Crippen LogP contribution in [0, 0.1) is 0 Å². The first kappa shape index (κ1) is 17.7. The minimum Gasteiger partial charge on any atom is -0.355 e. The molecular weight excluding hydrogens is 281 g/mol. The van der Waals surface area contributed by atoms with Crippen LogP contribution in [-0.4, -0.2) is 26.0 Å². The van der Waals surface area contributed by atoms with Gasteiger partial charge in [0.05, 0.1) is 12.0 Å². The molecule has 108 valence electrons. The number of carbonyl (C=O) groups excluding carboxylic acids is 1. The summed E-state index contributed by atoms with van der Waals surface area (Å²) in [5.74, 6) is -0.204. The summed E-state index contributed by atoms with van der Waals surface area (Å²) < 4.78 is 36.9. The van der Waals surface area contributed by atoms with Crippen molar-refractivity contribution in [2.24, 2.45) is 0 Å². The van der Waals surface area contributed by atoms with Crippen LogP contribution >= 0.6 is 12.4 Å². The first-order chi connectivity index (χ1) is 8.43. The molecule has 0 fully saturated rings. The van der Waals surface area contributed by atoms with Crippen molar-refractivity contribution in [3.05, 3.63) is 35.4 Å². The van der Waals surface area contributed by atoms with Crippen molar-refractivity contribution in [3.8, 4) is 0 Å². The fraction of sp³-hybridized carbons (Fsp3) is 0.417. The molecule has 0 saturated carbocycles. The van der Waals surface area contributed by atoms with Crippen LogP contribution < -0.4 is 10.6 Å². The van der Waals surface area contributed by atoms with Crippen LogP contribution in [0.1, 0.15) is 11.1 Å². The Labute approximate surface area is 116 Å². The van der Waals surface area contributed by atoms with Gasteiger partial charge in [-0.3, -0.25) is 4.79 Å². The molecule has 0 heterocycles. The van der Waals surface area contributed by atoms with Crippen LogP contribution in [0.15, 0.2) is 24.3 Å². The summed E-state index contributed by atoms with van der Waals surface area (Å²) >= 11 is 0. The summed E-state index contributed by atoms with van der Waals surface area (Å²) in [6.45, 7) is 1.15. The Morgan fingerprint density at radius 1 is 1.16 bits per heavy atom. The van der Waals surface area contributed by atoms with Gasteiger partial charge in [0.2, 0.25) is 5.91 Å². The van der Waals surface area contributed by atoms with E-state index in [2.05, 4.69) is 10.6 Å². The maximum absolute atomic E-state index is 12.3. The third-order valence-corrected chi connectivity index (χ3v) is 2.34. The predicted octanol–water partition coefficient (Wildman–Crippen LogP) is 2.01. The number of carbonyl (C=O) groups is 1. The first-order valence-corrected chi connectivity index (χ1v) is 5.51. The number of rotatable bonds is 5. The highest BCUT2D eigenvalue weighted by Crippen LogP contribution is 2.29. The zero-order chi connectivity index (χ0) is 13.6. The van der Waals surface area contributed by atoms with Crippen LogP contribution in [-0.2, 0) is 17.4 Å². The highest BCUT2D eigenvalue weighted by atomic mass is 35.5. The highest BCUT2D eigenvalue weighted by molar-refractivity contribution is 5.85. The molecule has 0 spiro atoms. The van der Waals surface area contributed by atoms with Gasteiger partial charge < -0.3 is 10.6 Å². The van der Waals surface area contributed by atoms with Crippen molar-refractivity contribution in [3.63, 3.8) is 0 Å². The molecule has 0 bridgehead atoms. The normalized spacial score (nSPS) is 10.7. The molecule has 1 amide bonds. The molecule has 0 aromatic heterocycles. The Kier molecular flexibility index (Phi) is 7.48. The molecule has 19 heavy (non-hydrogen) atoms. The number of nitrogens with one attached hydrogen (secondary N) is 2. The van der Waals surface area contributed by atoms with E-state index in [0.29, 0.717) is 18.7 Å². The minimum atomic E-state index is -4.34. The van der Waals surface area contributed by atoms with E-state index in [1.807, 2.05) is 0 Å². The standard InChI is InChI=1S/C12H15F3N2O.ClH/c1-16-6-7-17-11(18)8-9-2-4-10(5-3-9)12(13,14)15;/h2-5,16H,6-8H2,1H3,(H,17,18);1H. The summed E-state index contributed by atoms with van der Waals surface area (Å²) in [6.07, 6.45) is -4.25. The Bertz CT molecular complexity index is 393. The molecule has 2 N–H and O–H groups in total. The molecule has 3 nitrogen and oxygen atoms in total. The van der Waals surface area contributed by atoms with Gasteiger partial charge in [-0.05, 0) is 24.7 Å². The number of amides is 1. The lowest BCUT2D eigenvalue weighted by molar-refractivity contribution is -0.137. The number of likely N-dealkylation sites (N-methyl/N-ethyl adjacent to an activating group) is 1. The summed E-state index contributed by atoms with van der Waals surface area (Å²) in [7, 11) is 1.77. The second kappa shape index (κ2) is 8.01. The van der Waals surface area contributed by atoms with E-state index < -0.39 is 11.7 Å². The van der Waals surface area contributed by atoms with Crippen LogP contribution in [0.5, 0.6) is 0 Å². The molecule has 0 atom stereocenters. The summed E-state index contributed by atoms with van der Waals surface area (Å²) in [6, 6.07) is 4.60. The van der Waals surface area contributed by atoms with Crippen molar-refractivity contribution in [1.82, 2.24) is 10.6 Å². The van der Waals surface area contributed by atoms with Crippen molar-refractivity contribution in [1.29, 1.82) is 0 Å². The lowest BCUT2D eigenvalue weighted by atomic mass is 10.1. The predicted molar refractivity (Wildman–Crippen MR) is 69.3 cm³/mol. The Hall–Kier alpha value is -1.27. The van der Waals surface area contributed by atoms with E-state index >= 15 is 0 Å². The molecule has 1 aromatic rings. The average Bonchev–Trinajstić information content (AvgIpc) is 2.29. The Morgan fingerprint density at radius 3 is 2.21 bits per heavy atom. The third-order valence-electron chi connectivity index (χ3n) is 2.34. The highest BCUT2D eigenvalue weighted by Gasteiger charge is 2.29. The maximum Gasteiger partial charge on any atom is 0.416 e. The first-order valence-electron chi connectivity index (χ1n) is 5.51. The van der Waals surface area contributed by atoms with Gasteiger partial charge in [-0.15, -0.1) is 12.4 Å². The van der Waals surface area contributed by atoms with Crippen LogP contribution in [0.2, 0.25) is 0 Å². The Balaban J connectivity index is 0.00000324. The van der Waals surface area contributed by atoms with Gasteiger partial charge >= 0.3 is 6.18 Å². The van der Waals surface area contributed by atoms with Crippen molar-refractivity contribution in [2.45, 2.75) is 12.6 Å². The van der Waals surface area contributed by atoms with Gasteiger partial charge in [-0.1, -0.05) is 12.1 Å². The number of alkyl halides is 3. The number of halogens is 4. The summed E-state index contributed by atoms with van der Waals surface area (Å²) in [5.41, 5.74) is -0.146. The molecule has 0 radical (unpaired) electrons. The fourth-order valence-electron chi connectivity index (χ4n) is 1.39. The lowest BCUT2D eigenvalue weighted by Gasteiger charge is -2.08. The van der Waals surface area contributed by atoms with Crippen LogP contribution in [0.3, 0.4) is 0 Å². The third kappa shape index (κ3) is 6.45. The molecule has 0 saturated heterocycles. The average molecular weight is 297 g/mol. The van der Waals surface area contributed by atoms with Crippen molar-refractivity contribution >= 4 is 18.3 Å². The topological polar surface area (TPSA) is 41.1 Å². The van der Waals surface area contributed by atoms with Gasteiger partial charge in [0.25, 0.3) is 0 Å². The van der Waals surface area contributed by atoms with E-state index in [9.17, 15) is 18.0 Å². The minimum absolute atomic E-state index is 0. The quantitative estimate of drug-likeness (QED) is 0.816. The zero-order valence-electron chi connectivity index (χ0n) is 10.4. The van der Waals surface area contributed by atoms with Gasteiger partial charge in [0, 0.05) is 13.1 Å². The molecular formula is C12H16ClF3N2O. The summed E-state index contributed by atoms with van der Waals surface area (Å²) in [4.78, 5) is 11.4. The van der Waals surface area contributed by atoms with Crippen LogP contribution in [0.4, 0.5) is 13.2 Å². The van der Waals surface area contributed by atoms with E-state index in [1.54, 1.807) is 7.05 Å². The maximum atomic E-state index is 12.3. The van der Waals surface area contributed by atoms with E-state index in [1.165, 1.54) is 12.1 Å². The molecule has 7 heteroatoms.